The van der Waals surface area contributed by atoms with Gasteiger partial charge in [0.2, 0.25) is 0 Å². The van der Waals surface area contributed by atoms with Crippen molar-refractivity contribution in [1.82, 2.24) is 15.1 Å². The van der Waals surface area contributed by atoms with E-state index in [1.54, 1.807) is 0 Å². The Labute approximate surface area is 110 Å². The van der Waals surface area contributed by atoms with Crippen LogP contribution in [0.2, 0.25) is 0 Å². The minimum absolute atomic E-state index is 0.0189. The number of rotatable bonds is 5. The van der Waals surface area contributed by atoms with Gasteiger partial charge in [0.15, 0.2) is 0 Å². The Kier molecular flexibility index (Phi) is 4.56. The molecule has 1 aromatic heterocycles. The first-order valence-corrected chi connectivity index (χ1v) is 6.62. The van der Waals surface area contributed by atoms with Crippen LogP contribution in [-0.4, -0.2) is 32.6 Å². The molecule has 0 aromatic carbocycles. The zero-order valence-corrected chi connectivity index (χ0v) is 12.5. The summed E-state index contributed by atoms with van der Waals surface area (Å²) >= 11 is 0. The topological polar surface area (TPSA) is 50.1 Å². The molecule has 0 bridgehead atoms. The molecule has 0 fully saturated rings. The summed E-state index contributed by atoms with van der Waals surface area (Å²) in [6.45, 7) is 10.8. The first-order valence-electron chi connectivity index (χ1n) is 6.62. The second-order valence-corrected chi connectivity index (χ2v) is 6.38. The van der Waals surface area contributed by atoms with Crippen molar-refractivity contribution in [2.45, 2.75) is 58.6 Å². The number of nitrogens with zero attached hydrogens (tertiary/aromatic N) is 2. The average molecular weight is 253 g/mol. The third kappa shape index (κ3) is 4.78. The lowest BCUT2D eigenvalue weighted by Crippen LogP contribution is -2.47. The first kappa shape index (κ1) is 15.2. The number of β-amino-alcohol motifs (C(OH)–C–C–N with tert-alkyl or cyclic N) is 1. The van der Waals surface area contributed by atoms with Gasteiger partial charge in [0.25, 0.3) is 0 Å². The number of aryl methyl sites for hydroxylation is 2. The van der Waals surface area contributed by atoms with Gasteiger partial charge in [-0.25, -0.2) is 0 Å². The van der Waals surface area contributed by atoms with Crippen LogP contribution < -0.4 is 5.32 Å². The summed E-state index contributed by atoms with van der Waals surface area (Å²) in [5.41, 5.74) is 1.41. The Morgan fingerprint density at radius 2 is 1.94 bits per heavy atom. The van der Waals surface area contributed by atoms with Crippen molar-refractivity contribution in [3.8, 4) is 0 Å². The molecule has 4 nitrogen and oxygen atoms in total. The van der Waals surface area contributed by atoms with Crippen LogP contribution >= 0.6 is 0 Å². The third-order valence-corrected chi connectivity index (χ3v) is 2.95. The van der Waals surface area contributed by atoms with Crippen LogP contribution in [0.5, 0.6) is 0 Å². The maximum atomic E-state index is 10.4. The van der Waals surface area contributed by atoms with Gasteiger partial charge in [-0.1, -0.05) is 6.92 Å². The molecule has 0 spiro atoms. The average Bonchev–Trinajstić information content (AvgIpc) is 2.56. The SMILES string of the molecule is CCc1cc(CC(C)(O)CNC(C)(C)C)n(C)n1. The molecule has 1 rings (SSSR count). The maximum Gasteiger partial charge on any atom is 0.0798 e. The molecule has 0 radical (unpaired) electrons. The number of nitrogens with one attached hydrogen (secondary N) is 1. The molecule has 18 heavy (non-hydrogen) atoms. The zero-order chi connectivity index (χ0) is 14.0. The lowest BCUT2D eigenvalue weighted by Gasteiger charge is -2.29. The summed E-state index contributed by atoms with van der Waals surface area (Å²) in [4.78, 5) is 0. The first-order chi connectivity index (χ1) is 8.13. The van der Waals surface area contributed by atoms with Crippen molar-refractivity contribution in [1.29, 1.82) is 0 Å². The second-order valence-electron chi connectivity index (χ2n) is 6.38. The number of hydrogen-bond donors (Lipinski definition) is 2. The van der Waals surface area contributed by atoms with Crippen molar-refractivity contribution >= 4 is 0 Å². The zero-order valence-electron chi connectivity index (χ0n) is 12.5. The van der Waals surface area contributed by atoms with E-state index in [4.69, 9.17) is 0 Å². The highest BCUT2D eigenvalue weighted by Crippen LogP contribution is 2.15. The van der Waals surface area contributed by atoms with E-state index in [0.29, 0.717) is 13.0 Å². The van der Waals surface area contributed by atoms with E-state index in [1.165, 1.54) is 0 Å². The standard InChI is InChI=1S/C14H27N3O/c1-7-11-8-12(17(6)16-11)9-14(5,18)10-15-13(2,3)4/h8,15,18H,7,9-10H2,1-6H3. The molecule has 1 unspecified atom stereocenters. The summed E-state index contributed by atoms with van der Waals surface area (Å²) in [6, 6.07) is 2.07. The minimum atomic E-state index is -0.758. The highest BCUT2D eigenvalue weighted by molar-refractivity contribution is 5.12. The van der Waals surface area contributed by atoms with E-state index in [9.17, 15) is 5.11 Å². The van der Waals surface area contributed by atoms with Gasteiger partial charge in [-0.05, 0) is 40.2 Å². The molecule has 0 saturated carbocycles. The fourth-order valence-electron chi connectivity index (χ4n) is 1.82. The van der Waals surface area contributed by atoms with Crippen LogP contribution in [0.25, 0.3) is 0 Å². The van der Waals surface area contributed by atoms with Gasteiger partial charge in [-0.2, -0.15) is 5.10 Å². The molecule has 104 valence electrons. The predicted octanol–water partition coefficient (Wildman–Crippen LogP) is 1.66. The summed E-state index contributed by atoms with van der Waals surface area (Å²) in [5.74, 6) is 0. The summed E-state index contributed by atoms with van der Waals surface area (Å²) in [5, 5.41) is 18.2. The van der Waals surface area contributed by atoms with E-state index in [1.807, 2.05) is 18.7 Å². The molecular weight excluding hydrogens is 226 g/mol. The minimum Gasteiger partial charge on any atom is -0.388 e. The van der Waals surface area contributed by atoms with E-state index in [2.05, 4.69) is 44.2 Å². The van der Waals surface area contributed by atoms with Gasteiger partial charge < -0.3 is 10.4 Å². The van der Waals surface area contributed by atoms with Crippen molar-refractivity contribution in [3.05, 3.63) is 17.5 Å². The van der Waals surface area contributed by atoms with Gasteiger partial charge in [0.05, 0.1) is 11.3 Å². The molecule has 0 aliphatic rings. The van der Waals surface area contributed by atoms with Crippen molar-refractivity contribution in [3.63, 3.8) is 0 Å². The van der Waals surface area contributed by atoms with Crippen molar-refractivity contribution in [2.24, 2.45) is 7.05 Å². The monoisotopic (exact) mass is 253 g/mol. The molecule has 1 heterocycles. The predicted molar refractivity (Wildman–Crippen MR) is 74.7 cm³/mol. The summed E-state index contributed by atoms with van der Waals surface area (Å²) in [7, 11) is 1.93. The summed E-state index contributed by atoms with van der Waals surface area (Å²) in [6.07, 6.45) is 1.54. The van der Waals surface area contributed by atoms with Crippen LogP contribution in [0.1, 0.15) is 46.0 Å². The molecule has 1 aromatic rings. The Morgan fingerprint density at radius 3 is 2.39 bits per heavy atom. The van der Waals surface area contributed by atoms with Crippen LogP contribution in [0.4, 0.5) is 0 Å². The van der Waals surface area contributed by atoms with Crippen molar-refractivity contribution < 1.29 is 5.11 Å². The lowest BCUT2D eigenvalue weighted by molar-refractivity contribution is 0.0516. The van der Waals surface area contributed by atoms with E-state index < -0.39 is 5.60 Å². The van der Waals surface area contributed by atoms with Gasteiger partial charge in [-0.3, -0.25) is 4.68 Å². The van der Waals surface area contributed by atoms with E-state index in [0.717, 1.165) is 17.8 Å². The molecule has 0 saturated heterocycles. The number of hydrogen-bond acceptors (Lipinski definition) is 3. The molecule has 0 amide bonds. The number of aromatic nitrogens is 2. The van der Waals surface area contributed by atoms with Crippen LogP contribution in [-0.2, 0) is 19.9 Å². The molecular formula is C14H27N3O. The normalized spacial score (nSPS) is 15.7. The molecule has 1 atom stereocenters. The van der Waals surface area contributed by atoms with Crippen molar-refractivity contribution in [2.75, 3.05) is 6.54 Å². The Bertz CT molecular complexity index is 388. The third-order valence-electron chi connectivity index (χ3n) is 2.95. The highest BCUT2D eigenvalue weighted by Gasteiger charge is 2.25. The second kappa shape index (κ2) is 5.41. The Balaban J connectivity index is 2.66. The van der Waals surface area contributed by atoms with Crippen LogP contribution in [0.3, 0.4) is 0 Å². The molecule has 2 N–H and O–H groups in total. The highest BCUT2D eigenvalue weighted by atomic mass is 16.3. The number of aliphatic hydroxyl groups is 1. The molecule has 4 heteroatoms. The smallest absolute Gasteiger partial charge is 0.0798 e. The molecule has 0 aliphatic carbocycles. The quantitative estimate of drug-likeness (QED) is 0.839. The van der Waals surface area contributed by atoms with Gasteiger partial charge >= 0.3 is 0 Å². The van der Waals surface area contributed by atoms with Gasteiger partial charge in [0.1, 0.15) is 0 Å². The largest absolute Gasteiger partial charge is 0.388 e. The van der Waals surface area contributed by atoms with Gasteiger partial charge in [-0.15, -0.1) is 0 Å². The maximum absolute atomic E-state index is 10.4. The van der Waals surface area contributed by atoms with E-state index >= 15 is 0 Å². The van der Waals surface area contributed by atoms with Gasteiger partial charge in [0, 0.05) is 31.2 Å². The Hall–Kier alpha value is -0.870. The lowest BCUT2D eigenvalue weighted by atomic mass is 9.98. The Morgan fingerprint density at radius 1 is 1.33 bits per heavy atom. The summed E-state index contributed by atoms with van der Waals surface area (Å²) < 4.78 is 1.87. The van der Waals surface area contributed by atoms with Crippen LogP contribution in [0.15, 0.2) is 6.07 Å². The van der Waals surface area contributed by atoms with E-state index in [-0.39, 0.29) is 5.54 Å². The fraction of sp³-hybridized carbons (Fsp3) is 0.786. The van der Waals surface area contributed by atoms with Crippen LogP contribution in [0, 0.1) is 0 Å². The molecule has 0 aliphatic heterocycles. The fourth-order valence-corrected chi connectivity index (χ4v) is 1.82.